The summed E-state index contributed by atoms with van der Waals surface area (Å²) in [5.41, 5.74) is -0.895. The summed E-state index contributed by atoms with van der Waals surface area (Å²) >= 11 is 0. The van der Waals surface area contributed by atoms with Crippen LogP contribution in [0.3, 0.4) is 0 Å². The second kappa shape index (κ2) is 3.96. The largest absolute Gasteiger partial charge is 0.296 e. The molecule has 1 atom stereocenters. The molecule has 0 aromatic carbocycles. The normalized spacial score (nSPS) is 25.7. The van der Waals surface area contributed by atoms with Gasteiger partial charge in [-0.15, -0.1) is 5.10 Å². The first-order chi connectivity index (χ1) is 7.55. The average Bonchev–Trinajstić information content (AvgIpc) is 2.55. The first-order valence-electron chi connectivity index (χ1n) is 5.64. The van der Waals surface area contributed by atoms with Crippen LogP contribution in [-0.4, -0.2) is 20.8 Å². The van der Waals surface area contributed by atoms with Crippen LogP contribution in [0.2, 0.25) is 0 Å². The van der Waals surface area contributed by atoms with E-state index in [0.29, 0.717) is 17.8 Å². The van der Waals surface area contributed by atoms with Crippen LogP contribution in [0.4, 0.5) is 4.39 Å². The molecule has 1 aliphatic carbocycles. The molecule has 1 aromatic heterocycles. The van der Waals surface area contributed by atoms with Gasteiger partial charge in [0, 0.05) is 7.05 Å². The van der Waals surface area contributed by atoms with Gasteiger partial charge in [-0.1, -0.05) is 11.6 Å². The van der Waals surface area contributed by atoms with Crippen molar-refractivity contribution in [1.29, 1.82) is 0 Å². The van der Waals surface area contributed by atoms with Gasteiger partial charge in [-0.2, -0.15) is 0 Å². The highest BCUT2D eigenvalue weighted by molar-refractivity contribution is 5.86. The molecule has 1 heterocycles. The fourth-order valence-electron chi connectivity index (χ4n) is 2.35. The van der Waals surface area contributed by atoms with Gasteiger partial charge in [0.2, 0.25) is 5.67 Å². The molecule has 1 unspecified atom stereocenters. The standard InChI is InChI=1S/C11H16FN3O/c1-8(16)11(12)7-5-3-4-6-9-10(11)15(2)14-13-9/h3-7H2,1-2H3. The van der Waals surface area contributed by atoms with Crippen LogP contribution >= 0.6 is 0 Å². The molecule has 1 aliphatic rings. The van der Waals surface area contributed by atoms with Gasteiger partial charge in [0.15, 0.2) is 5.78 Å². The van der Waals surface area contributed by atoms with Crippen LogP contribution in [0.25, 0.3) is 0 Å². The second-order valence-electron chi connectivity index (χ2n) is 4.43. The van der Waals surface area contributed by atoms with Crippen molar-refractivity contribution in [3.8, 4) is 0 Å². The van der Waals surface area contributed by atoms with Gasteiger partial charge in [-0.05, 0) is 32.6 Å². The zero-order chi connectivity index (χ0) is 11.8. The second-order valence-corrected chi connectivity index (χ2v) is 4.43. The quantitative estimate of drug-likeness (QED) is 0.730. The van der Waals surface area contributed by atoms with Crippen molar-refractivity contribution in [1.82, 2.24) is 15.0 Å². The van der Waals surface area contributed by atoms with Gasteiger partial charge in [-0.25, -0.2) is 9.07 Å². The van der Waals surface area contributed by atoms with Crippen molar-refractivity contribution in [2.75, 3.05) is 0 Å². The Bertz CT molecular complexity index is 415. The molecular formula is C11H16FN3O. The molecule has 0 radical (unpaired) electrons. The number of fused-ring (bicyclic) bond motifs is 1. The minimum Gasteiger partial charge on any atom is -0.296 e. The molecule has 88 valence electrons. The van der Waals surface area contributed by atoms with E-state index >= 15 is 0 Å². The van der Waals surface area contributed by atoms with E-state index in [1.165, 1.54) is 11.6 Å². The molecule has 0 saturated carbocycles. The van der Waals surface area contributed by atoms with E-state index in [0.717, 1.165) is 19.3 Å². The van der Waals surface area contributed by atoms with Crippen LogP contribution < -0.4 is 0 Å². The lowest BCUT2D eigenvalue weighted by atomic mass is 9.86. The maximum atomic E-state index is 14.8. The lowest BCUT2D eigenvalue weighted by Gasteiger charge is -2.25. The SMILES string of the molecule is CC(=O)C1(F)CCCCCc2nnn(C)c21. The first-order valence-corrected chi connectivity index (χ1v) is 5.64. The third-order valence-electron chi connectivity index (χ3n) is 3.26. The van der Waals surface area contributed by atoms with Gasteiger partial charge in [-0.3, -0.25) is 4.79 Å². The number of halogens is 1. The molecule has 0 saturated heterocycles. The van der Waals surface area contributed by atoms with Gasteiger partial charge in [0.25, 0.3) is 0 Å². The van der Waals surface area contributed by atoms with E-state index in [2.05, 4.69) is 10.3 Å². The van der Waals surface area contributed by atoms with Crippen LogP contribution in [0.1, 0.15) is 44.0 Å². The predicted octanol–water partition coefficient (Wildman–Crippen LogP) is 1.69. The number of hydrogen-bond donors (Lipinski definition) is 0. The van der Waals surface area contributed by atoms with E-state index in [4.69, 9.17) is 0 Å². The van der Waals surface area contributed by atoms with Crippen LogP contribution in [0.15, 0.2) is 0 Å². The summed E-state index contributed by atoms with van der Waals surface area (Å²) in [4.78, 5) is 11.6. The number of ketones is 1. The molecule has 2 rings (SSSR count). The number of hydrogen-bond acceptors (Lipinski definition) is 3. The Morgan fingerprint density at radius 3 is 2.88 bits per heavy atom. The van der Waals surface area contributed by atoms with Crippen LogP contribution in [0.5, 0.6) is 0 Å². The molecule has 0 aliphatic heterocycles. The highest BCUT2D eigenvalue weighted by Gasteiger charge is 2.42. The van der Waals surface area contributed by atoms with Crippen molar-refractivity contribution in [3.63, 3.8) is 0 Å². The summed E-state index contributed by atoms with van der Waals surface area (Å²) in [5, 5.41) is 7.79. The summed E-state index contributed by atoms with van der Waals surface area (Å²) in [7, 11) is 1.64. The third-order valence-corrected chi connectivity index (χ3v) is 3.26. The average molecular weight is 225 g/mol. The molecule has 4 nitrogen and oxygen atoms in total. The maximum Gasteiger partial charge on any atom is 0.211 e. The van der Waals surface area contributed by atoms with Crippen LogP contribution in [-0.2, 0) is 23.9 Å². The van der Waals surface area contributed by atoms with E-state index in [9.17, 15) is 9.18 Å². The first kappa shape index (κ1) is 11.2. The number of aromatic nitrogens is 3. The monoisotopic (exact) mass is 225 g/mol. The zero-order valence-corrected chi connectivity index (χ0v) is 9.66. The minimum atomic E-state index is -1.89. The lowest BCUT2D eigenvalue weighted by Crippen LogP contribution is -2.33. The van der Waals surface area contributed by atoms with Crippen molar-refractivity contribution in [2.24, 2.45) is 7.05 Å². The predicted molar refractivity (Wildman–Crippen MR) is 56.6 cm³/mol. The highest BCUT2D eigenvalue weighted by atomic mass is 19.1. The number of carbonyl (C=O) groups excluding carboxylic acids is 1. The molecule has 0 spiro atoms. The number of nitrogens with zero attached hydrogens (tertiary/aromatic N) is 3. The van der Waals surface area contributed by atoms with Gasteiger partial charge in [0.1, 0.15) is 5.69 Å². The molecule has 16 heavy (non-hydrogen) atoms. The zero-order valence-electron chi connectivity index (χ0n) is 9.66. The van der Waals surface area contributed by atoms with E-state index in [-0.39, 0.29) is 6.42 Å². The number of Topliss-reactive ketones (excluding diaryl/α,β-unsaturated/α-hetero) is 1. The molecule has 0 N–H and O–H groups in total. The highest BCUT2D eigenvalue weighted by Crippen LogP contribution is 2.36. The van der Waals surface area contributed by atoms with Gasteiger partial charge < -0.3 is 0 Å². The van der Waals surface area contributed by atoms with Crippen molar-refractivity contribution in [2.45, 2.75) is 44.7 Å². The summed E-state index contributed by atoms with van der Waals surface area (Å²) < 4.78 is 16.2. The van der Waals surface area contributed by atoms with Crippen LogP contribution in [0, 0.1) is 0 Å². The number of aryl methyl sites for hydroxylation is 2. The molecular weight excluding hydrogens is 209 g/mol. The topological polar surface area (TPSA) is 47.8 Å². The Morgan fingerprint density at radius 1 is 1.44 bits per heavy atom. The fourth-order valence-corrected chi connectivity index (χ4v) is 2.35. The summed E-state index contributed by atoms with van der Waals surface area (Å²) in [6, 6.07) is 0. The minimum absolute atomic E-state index is 0.247. The molecule has 0 amide bonds. The maximum absolute atomic E-state index is 14.8. The van der Waals surface area contributed by atoms with Crippen molar-refractivity contribution in [3.05, 3.63) is 11.4 Å². The third kappa shape index (κ3) is 1.64. The molecule has 0 fully saturated rings. The molecule has 5 heteroatoms. The van der Waals surface area contributed by atoms with Gasteiger partial charge >= 0.3 is 0 Å². The van der Waals surface area contributed by atoms with E-state index in [1.54, 1.807) is 7.05 Å². The number of rotatable bonds is 1. The van der Waals surface area contributed by atoms with E-state index in [1.807, 2.05) is 0 Å². The Balaban J connectivity index is 2.54. The molecule has 1 aromatic rings. The fraction of sp³-hybridized carbons (Fsp3) is 0.727. The van der Waals surface area contributed by atoms with Crippen molar-refractivity contribution < 1.29 is 9.18 Å². The Kier molecular flexibility index (Phi) is 2.78. The summed E-state index contributed by atoms with van der Waals surface area (Å²) in [6.07, 6.45) is 3.62. The Labute approximate surface area is 93.8 Å². The molecule has 0 bridgehead atoms. The van der Waals surface area contributed by atoms with Gasteiger partial charge in [0.05, 0.1) is 5.69 Å². The number of carbonyl (C=O) groups is 1. The lowest BCUT2D eigenvalue weighted by molar-refractivity contribution is -0.130. The Morgan fingerprint density at radius 2 is 2.19 bits per heavy atom. The van der Waals surface area contributed by atoms with Crippen molar-refractivity contribution >= 4 is 5.78 Å². The number of alkyl halides is 1. The summed E-state index contributed by atoms with van der Waals surface area (Å²) in [5.74, 6) is -0.443. The van der Waals surface area contributed by atoms with E-state index < -0.39 is 11.5 Å². The smallest absolute Gasteiger partial charge is 0.211 e. The summed E-state index contributed by atoms with van der Waals surface area (Å²) in [6.45, 7) is 1.30. The Hall–Kier alpha value is -1.26.